The zero-order valence-corrected chi connectivity index (χ0v) is 15.8. The molecule has 1 N–H and O–H groups in total. The van der Waals surface area contributed by atoms with E-state index < -0.39 is 0 Å². The highest BCUT2D eigenvalue weighted by atomic mass is 35.5. The number of nitrogens with zero attached hydrogens (tertiary/aromatic N) is 4. The summed E-state index contributed by atoms with van der Waals surface area (Å²) in [6.07, 6.45) is 4.32. The number of methoxy groups -OCH3 is 2. The molecule has 0 radical (unpaired) electrons. The molecule has 2 aromatic heterocycles. The Hall–Kier alpha value is -3.00. The molecule has 3 aromatic rings. The van der Waals surface area contributed by atoms with E-state index in [1.807, 2.05) is 6.92 Å². The lowest BCUT2D eigenvalue weighted by Gasteiger charge is -2.15. The van der Waals surface area contributed by atoms with Crippen LogP contribution in [0.15, 0.2) is 30.9 Å². The number of rotatable bonds is 7. The zero-order chi connectivity index (χ0) is 19.4. The number of halogens is 1. The topological polar surface area (TPSA) is 103 Å². The lowest BCUT2D eigenvalue weighted by atomic mass is 10.1. The van der Waals surface area contributed by atoms with Crippen molar-refractivity contribution in [3.05, 3.63) is 41.6 Å². The molecule has 0 aliphatic carbocycles. The first kappa shape index (κ1) is 18.8. The molecule has 2 heterocycles. The van der Waals surface area contributed by atoms with E-state index in [0.29, 0.717) is 45.3 Å². The van der Waals surface area contributed by atoms with E-state index in [9.17, 15) is 0 Å². The predicted octanol–water partition coefficient (Wildman–Crippen LogP) is 3.32. The Kier molecular flexibility index (Phi) is 5.66. The van der Waals surface area contributed by atoms with Gasteiger partial charge < -0.3 is 19.6 Å². The maximum atomic E-state index is 8.46. The molecule has 27 heavy (non-hydrogen) atoms. The number of hydrogen-bond acceptors (Lipinski definition) is 8. The molecule has 9 heteroatoms. The largest absolute Gasteiger partial charge is 0.493 e. The standard InChI is InChI=1S/C18H18ClN5O3/c1-10(27-18-21-7-11(19)8-22-18)4-13(20)17-12-5-15(25-2)16(26-3)6-14(12)23-9-24-17/h5-10,20H,4H2,1-3H3. The van der Waals surface area contributed by atoms with E-state index in [2.05, 4.69) is 19.9 Å². The minimum absolute atomic E-state index is 0.207. The first-order chi connectivity index (χ1) is 13.0. The molecule has 140 valence electrons. The zero-order valence-electron chi connectivity index (χ0n) is 15.1. The molecule has 8 nitrogen and oxygen atoms in total. The Bertz CT molecular complexity index is 965. The minimum Gasteiger partial charge on any atom is -0.493 e. The lowest BCUT2D eigenvalue weighted by molar-refractivity contribution is 0.210. The van der Waals surface area contributed by atoms with Crippen LogP contribution in [0.5, 0.6) is 17.5 Å². The van der Waals surface area contributed by atoms with Gasteiger partial charge in [0.1, 0.15) is 12.4 Å². The molecule has 0 saturated carbocycles. The van der Waals surface area contributed by atoms with Crippen molar-refractivity contribution in [2.24, 2.45) is 0 Å². The summed E-state index contributed by atoms with van der Waals surface area (Å²) in [5, 5.41) is 9.60. The van der Waals surface area contributed by atoms with Gasteiger partial charge in [-0.05, 0) is 13.0 Å². The van der Waals surface area contributed by atoms with Crippen LogP contribution in [-0.4, -0.2) is 46.0 Å². The maximum Gasteiger partial charge on any atom is 0.316 e. The van der Waals surface area contributed by atoms with Crippen LogP contribution < -0.4 is 14.2 Å². The predicted molar refractivity (Wildman–Crippen MR) is 101 cm³/mol. The van der Waals surface area contributed by atoms with Gasteiger partial charge >= 0.3 is 6.01 Å². The fourth-order valence-corrected chi connectivity index (χ4v) is 2.69. The molecule has 0 aliphatic rings. The lowest BCUT2D eigenvalue weighted by Crippen LogP contribution is -2.19. The number of ether oxygens (including phenoxy) is 3. The van der Waals surface area contributed by atoms with Gasteiger partial charge in [0, 0.05) is 17.9 Å². The van der Waals surface area contributed by atoms with Crippen LogP contribution in [0.1, 0.15) is 19.0 Å². The van der Waals surface area contributed by atoms with Gasteiger partial charge in [-0.1, -0.05) is 11.6 Å². The normalized spacial score (nSPS) is 11.9. The molecule has 1 unspecified atom stereocenters. The number of hydrogen-bond donors (Lipinski definition) is 1. The first-order valence-electron chi connectivity index (χ1n) is 8.10. The van der Waals surface area contributed by atoms with Crippen molar-refractivity contribution in [1.82, 2.24) is 19.9 Å². The summed E-state index contributed by atoms with van der Waals surface area (Å²) in [6, 6.07) is 3.73. The fourth-order valence-electron chi connectivity index (χ4n) is 2.59. The van der Waals surface area contributed by atoms with Crippen LogP contribution in [0.2, 0.25) is 5.02 Å². The van der Waals surface area contributed by atoms with E-state index in [-0.39, 0.29) is 12.1 Å². The maximum absolute atomic E-state index is 8.46. The van der Waals surface area contributed by atoms with Crippen molar-refractivity contribution < 1.29 is 14.2 Å². The number of nitrogens with one attached hydrogen (secondary N) is 1. The highest BCUT2D eigenvalue weighted by molar-refractivity contribution is 6.30. The van der Waals surface area contributed by atoms with Gasteiger partial charge in [0.15, 0.2) is 11.5 Å². The molecular weight excluding hydrogens is 370 g/mol. The molecule has 1 aromatic carbocycles. The van der Waals surface area contributed by atoms with Gasteiger partial charge in [0.05, 0.1) is 48.6 Å². The van der Waals surface area contributed by atoms with Gasteiger partial charge in [-0.15, -0.1) is 0 Å². The Morgan fingerprint density at radius 3 is 2.41 bits per heavy atom. The average Bonchev–Trinajstić information content (AvgIpc) is 2.67. The van der Waals surface area contributed by atoms with Gasteiger partial charge in [-0.25, -0.2) is 19.9 Å². The fraction of sp³-hybridized carbons (Fsp3) is 0.278. The molecular formula is C18H18ClN5O3. The smallest absolute Gasteiger partial charge is 0.316 e. The van der Waals surface area contributed by atoms with Crippen LogP contribution >= 0.6 is 11.6 Å². The minimum atomic E-state index is -0.330. The molecule has 0 saturated heterocycles. The van der Waals surface area contributed by atoms with Gasteiger partial charge in [0.2, 0.25) is 0 Å². The van der Waals surface area contributed by atoms with Crippen LogP contribution in [0.3, 0.4) is 0 Å². The number of fused-ring (bicyclic) bond motifs is 1. The third kappa shape index (κ3) is 4.22. The highest BCUT2D eigenvalue weighted by Gasteiger charge is 2.17. The first-order valence-corrected chi connectivity index (χ1v) is 8.48. The van der Waals surface area contributed by atoms with E-state index in [1.54, 1.807) is 26.4 Å². The van der Waals surface area contributed by atoms with Crippen LogP contribution in [-0.2, 0) is 0 Å². The molecule has 0 spiro atoms. The average molecular weight is 388 g/mol. The summed E-state index contributed by atoms with van der Waals surface area (Å²) in [5.74, 6) is 1.12. The van der Waals surface area contributed by atoms with Crippen LogP contribution in [0.25, 0.3) is 10.9 Å². The molecule has 0 aliphatic heterocycles. The van der Waals surface area contributed by atoms with E-state index in [0.717, 1.165) is 0 Å². The molecule has 0 fully saturated rings. The third-order valence-corrected chi connectivity index (χ3v) is 4.02. The van der Waals surface area contributed by atoms with Crippen molar-refractivity contribution in [3.63, 3.8) is 0 Å². The molecule has 0 bridgehead atoms. The Morgan fingerprint density at radius 2 is 1.74 bits per heavy atom. The highest BCUT2D eigenvalue weighted by Crippen LogP contribution is 2.32. The van der Waals surface area contributed by atoms with Crippen molar-refractivity contribution in [2.45, 2.75) is 19.4 Å². The van der Waals surface area contributed by atoms with Gasteiger partial charge in [0.25, 0.3) is 0 Å². The second-order valence-corrected chi connectivity index (χ2v) is 6.18. The summed E-state index contributed by atoms with van der Waals surface area (Å²) in [6.45, 7) is 1.83. The Balaban J connectivity index is 1.83. The van der Waals surface area contributed by atoms with Crippen molar-refractivity contribution in [2.75, 3.05) is 14.2 Å². The quantitative estimate of drug-likeness (QED) is 0.620. The van der Waals surface area contributed by atoms with Crippen LogP contribution in [0, 0.1) is 5.41 Å². The summed E-state index contributed by atoms with van der Waals surface area (Å²) in [7, 11) is 3.12. The Labute approximate surface area is 161 Å². The van der Waals surface area contributed by atoms with Gasteiger partial charge in [-0.3, -0.25) is 0 Å². The SMILES string of the molecule is COc1cc2ncnc(C(=N)CC(C)Oc3ncc(Cl)cn3)c2cc1OC. The van der Waals surface area contributed by atoms with Crippen molar-refractivity contribution >= 4 is 28.2 Å². The number of benzene rings is 1. The summed E-state index contributed by atoms with van der Waals surface area (Å²) in [4.78, 5) is 16.5. The molecule has 0 amide bonds. The molecule has 3 rings (SSSR count). The number of aromatic nitrogens is 4. The van der Waals surface area contributed by atoms with Crippen molar-refractivity contribution in [1.29, 1.82) is 5.41 Å². The van der Waals surface area contributed by atoms with E-state index in [4.69, 9.17) is 31.2 Å². The molecule has 1 atom stereocenters. The summed E-state index contributed by atoms with van der Waals surface area (Å²) >= 11 is 5.77. The Morgan fingerprint density at radius 1 is 1.07 bits per heavy atom. The van der Waals surface area contributed by atoms with Crippen LogP contribution in [0.4, 0.5) is 0 Å². The van der Waals surface area contributed by atoms with Crippen molar-refractivity contribution in [3.8, 4) is 17.5 Å². The van der Waals surface area contributed by atoms with E-state index >= 15 is 0 Å². The second-order valence-electron chi connectivity index (χ2n) is 5.74. The summed E-state index contributed by atoms with van der Waals surface area (Å²) in [5.41, 5.74) is 1.47. The summed E-state index contributed by atoms with van der Waals surface area (Å²) < 4.78 is 16.3. The van der Waals surface area contributed by atoms with E-state index in [1.165, 1.54) is 18.7 Å². The van der Waals surface area contributed by atoms with Gasteiger partial charge in [-0.2, -0.15) is 0 Å². The third-order valence-electron chi connectivity index (χ3n) is 3.82. The monoisotopic (exact) mass is 387 g/mol. The second kappa shape index (κ2) is 8.13.